The van der Waals surface area contributed by atoms with Crippen LogP contribution in [0.4, 0.5) is 0 Å². The summed E-state index contributed by atoms with van der Waals surface area (Å²) in [5, 5.41) is 6.91. The maximum absolute atomic E-state index is 4.82. The van der Waals surface area contributed by atoms with E-state index < -0.39 is 0 Å². The van der Waals surface area contributed by atoms with Crippen molar-refractivity contribution in [1.29, 1.82) is 0 Å². The van der Waals surface area contributed by atoms with Gasteiger partial charge in [0.1, 0.15) is 0 Å². The second-order valence-corrected chi connectivity index (χ2v) is 7.79. The molecule has 2 fully saturated rings. The molecule has 5 nitrogen and oxygen atoms in total. The molecule has 2 aliphatic heterocycles. The average Bonchev–Trinajstić information content (AvgIpc) is 2.58. The standard InChI is InChI=1S/C19H39N5.HI/c1-4-20-19(22-15-18-7-5-11-23(3)16-18)21-10-6-12-24-13-8-17(2)9-14-24;/h17-18H,4-16H2,1-3H3,(H2,20,21,22);1H. The van der Waals surface area contributed by atoms with Gasteiger partial charge in [-0.15, -0.1) is 24.0 Å². The number of halogens is 1. The first-order chi connectivity index (χ1) is 11.7. The van der Waals surface area contributed by atoms with E-state index in [1.54, 1.807) is 0 Å². The van der Waals surface area contributed by atoms with Gasteiger partial charge in [0.05, 0.1) is 0 Å². The molecule has 2 heterocycles. The molecule has 2 rings (SSSR count). The summed E-state index contributed by atoms with van der Waals surface area (Å²) in [6.45, 7) is 13.6. The van der Waals surface area contributed by atoms with Crippen LogP contribution in [0.1, 0.15) is 46.0 Å². The fourth-order valence-corrected chi connectivity index (χ4v) is 3.78. The molecule has 2 aliphatic rings. The number of nitrogens with zero attached hydrogens (tertiary/aromatic N) is 3. The Bertz CT molecular complexity index is 369. The molecule has 0 bridgehead atoms. The molecule has 0 aromatic heterocycles. The van der Waals surface area contributed by atoms with E-state index in [0.29, 0.717) is 0 Å². The van der Waals surface area contributed by atoms with Gasteiger partial charge in [0.25, 0.3) is 0 Å². The molecule has 0 radical (unpaired) electrons. The highest BCUT2D eigenvalue weighted by molar-refractivity contribution is 14.0. The van der Waals surface area contributed by atoms with Crippen molar-refractivity contribution < 1.29 is 0 Å². The zero-order chi connectivity index (χ0) is 17.2. The molecular weight excluding hydrogens is 425 g/mol. The summed E-state index contributed by atoms with van der Waals surface area (Å²) < 4.78 is 0. The number of likely N-dealkylation sites (tertiary alicyclic amines) is 2. The van der Waals surface area contributed by atoms with Crippen LogP contribution in [-0.2, 0) is 0 Å². The largest absolute Gasteiger partial charge is 0.357 e. The minimum Gasteiger partial charge on any atom is -0.357 e. The van der Waals surface area contributed by atoms with Crippen molar-refractivity contribution in [3.05, 3.63) is 0 Å². The summed E-state index contributed by atoms with van der Waals surface area (Å²) in [6, 6.07) is 0. The van der Waals surface area contributed by atoms with Gasteiger partial charge in [0, 0.05) is 26.2 Å². The van der Waals surface area contributed by atoms with Gasteiger partial charge in [-0.3, -0.25) is 4.99 Å². The molecular formula is C19H40IN5. The summed E-state index contributed by atoms with van der Waals surface area (Å²) in [4.78, 5) is 9.87. The van der Waals surface area contributed by atoms with Crippen LogP contribution >= 0.6 is 24.0 Å². The lowest BCUT2D eigenvalue weighted by Gasteiger charge is -2.30. The van der Waals surface area contributed by atoms with E-state index in [-0.39, 0.29) is 24.0 Å². The normalized spacial score (nSPS) is 24.0. The SMILES string of the molecule is CCNC(=NCC1CCCN(C)C1)NCCCN1CCC(C)CC1.I. The number of nitrogens with one attached hydrogen (secondary N) is 2. The monoisotopic (exact) mass is 465 g/mol. The third kappa shape index (κ3) is 9.43. The summed E-state index contributed by atoms with van der Waals surface area (Å²) in [7, 11) is 2.22. The van der Waals surface area contributed by atoms with Crippen LogP contribution in [0, 0.1) is 11.8 Å². The third-order valence-electron chi connectivity index (χ3n) is 5.39. The van der Waals surface area contributed by atoms with Crippen LogP contribution in [0.5, 0.6) is 0 Å². The Balaban J connectivity index is 0.00000312. The fraction of sp³-hybridized carbons (Fsp3) is 0.947. The Morgan fingerprint density at radius 3 is 2.56 bits per heavy atom. The van der Waals surface area contributed by atoms with Crippen LogP contribution in [-0.4, -0.2) is 75.2 Å². The second-order valence-electron chi connectivity index (χ2n) is 7.79. The van der Waals surface area contributed by atoms with E-state index in [1.807, 2.05) is 0 Å². The van der Waals surface area contributed by atoms with E-state index >= 15 is 0 Å². The third-order valence-corrected chi connectivity index (χ3v) is 5.39. The van der Waals surface area contributed by atoms with Crippen LogP contribution in [0.25, 0.3) is 0 Å². The smallest absolute Gasteiger partial charge is 0.191 e. The molecule has 2 saturated heterocycles. The average molecular weight is 465 g/mol. The maximum Gasteiger partial charge on any atom is 0.191 e. The van der Waals surface area contributed by atoms with Crippen molar-refractivity contribution in [1.82, 2.24) is 20.4 Å². The summed E-state index contributed by atoms with van der Waals surface area (Å²) in [6.07, 6.45) is 6.57. The zero-order valence-electron chi connectivity index (χ0n) is 16.6. The second kappa shape index (κ2) is 13.1. The molecule has 25 heavy (non-hydrogen) atoms. The minimum atomic E-state index is 0. The van der Waals surface area contributed by atoms with Crippen molar-refractivity contribution in [2.75, 3.05) is 59.4 Å². The molecule has 0 aliphatic carbocycles. The van der Waals surface area contributed by atoms with Gasteiger partial charge in [-0.2, -0.15) is 0 Å². The Hall–Kier alpha value is -0.0800. The van der Waals surface area contributed by atoms with Crippen molar-refractivity contribution in [2.24, 2.45) is 16.8 Å². The Morgan fingerprint density at radius 1 is 1.12 bits per heavy atom. The van der Waals surface area contributed by atoms with Gasteiger partial charge in [0.15, 0.2) is 5.96 Å². The predicted octanol–water partition coefficient (Wildman–Crippen LogP) is 2.62. The topological polar surface area (TPSA) is 42.9 Å². The van der Waals surface area contributed by atoms with Crippen LogP contribution < -0.4 is 10.6 Å². The maximum atomic E-state index is 4.82. The van der Waals surface area contributed by atoms with Gasteiger partial charge < -0.3 is 20.4 Å². The van der Waals surface area contributed by atoms with E-state index in [9.17, 15) is 0 Å². The van der Waals surface area contributed by atoms with E-state index in [2.05, 4.69) is 41.3 Å². The first kappa shape index (κ1) is 23.0. The molecule has 0 saturated carbocycles. The lowest BCUT2D eigenvalue weighted by Crippen LogP contribution is -2.40. The predicted molar refractivity (Wildman–Crippen MR) is 119 cm³/mol. The molecule has 1 atom stereocenters. The van der Waals surface area contributed by atoms with E-state index in [1.165, 1.54) is 64.8 Å². The number of rotatable bonds is 7. The first-order valence-electron chi connectivity index (χ1n) is 10.1. The molecule has 0 aromatic rings. The molecule has 0 amide bonds. The highest BCUT2D eigenvalue weighted by atomic mass is 127. The molecule has 0 spiro atoms. The highest BCUT2D eigenvalue weighted by Crippen LogP contribution is 2.16. The molecule has 0 aromatic carbocycles. The fourth-order valence-electron chi connectivity index (χ4n) is 3.78. The Labute approximate surface area is 172 Å². The van der Waals surface area contributed by atoms with Gasteiger partial charge in [-0.1, -0.05) is 6.92 Å². The molecule has 1 unspecified atom stereocenters. The summed E-state index contributed by atoms with van der Waals surface area (Å²) in [5.74, 6) is 2.64. The van der Waals surface area contributed by atoms with Crippen LogP contribution in [0.3, 0.4) is 0 Å². The van der Waals surface area contributed by atoms with Crippen molar-refractivity contribution in [3.8, 4) is 0 Å². The van der Waals surface area contributed by atoms with Gasteiger partial charge in [-0.25, -0.2) is 0 Å². The summed E-state index contributed by atoms with van der Waals surface area (Å²) in [5.41, 5.74) is 0. The number of hydrogen-bond acceptors (Lipinski definition) is 3. The van der Waals surface area contributed by atoms with Gasteiger partial charge >= 0.3 is 0 Å². The van der Waals surface area contributed by atoms with Crippen molar-refractivity contribution >= 4 is 29.9 Å². The van der Waals surface area contributed by atoms with Gasteiger partial charge in [0.2, 0.25) is 0 Å². The number of guanidine groups is 1. The minimum absolute atomic E-state index is 0. The van der Waals surface area contributed by atoms with Gasteiger partial charge in [-0.05, 0) is 84.1 Å². The first-order valence-corrected chi connectivity index (χ1v) is 10.1. The lowest BCUT2D eigenvalue weighted by molar-refractivity contribution is 0.191. The van der Waals surface area contributed by atoms with Crippen LogP contribution in [0.15, 0.2) is 4.99 Å². The molecule has 6 heteroatoms. The molecule has 2 N–H and O–H groups in total. The Kier molecular flexibility index (Phi) is 12.1. The number of piperidine rings is 2. The lowest BCUT2D eigenvalue weighted by atomic mass is 9.99. The van der Waals surface area contributed by atoms with E-state index in [4.69, 9.17) is 4.99 Å². The van der Waals surface area contributed by atoms with Crippen molar-refractivity contribution in [3.63, 3.8) is 0 Å². The quantitative estimate of drug-likeness (QED) is 0.263. The van der Waals surface area contributed by atoms with Crippen LogP contribution in [0.2, 0.25) is 0 Å². The molecule has 148 valence electrons. The summed E-state index contributed by atoms with van der Waals surface area (Å²) >= 11 is 0. The highest BCUT2D eigenvalue weighted by Gasteiger charge is 2.17. The number of hydrogen-bond donors (Lipinski definition) is 2. The van der Waals surface area contributed by atoms with E-state index in [0.717, 1.165) is 37.4 Å². The van der Waals surface area contributed by atoms with Crippen molar-refractivity contribution in [2.45, 2.75) is 46.0 Å². The zero-order valence-corrected chi connectivity index (χ0v) is 18.9. The Morgan fingerprint density at radius 2 is 1.88 bits per heavy atom. The number of aliphatic imine (C=N–C) groups is 1.